The van der Waals surface area contributed by atoms with Crippen LogP contribution in [0.1, 0.15) is 41.6 Å². The molecule has 0 fully saturated rings. The van der Waals surface area contributed by atoms with Crippen LogP contribution < -0.4 is 10.5 Å². The van der Waals surface area contributed by atoms with E-state index in [2.05, 4.69) is 22.5 Å². The summed E-state index contributed by atoms with van der Waals surface area (Å²) in [7, 11) is 0. The van der Waals surface area contributed by atoms with E-state index in [1.165, 1.54) is 5.56 Å². The van der Waals surface area contributed by atoms with E-state index < -0.39 is 0 Å². The van der Waals surface area contributed by atoms with Gasteiger partial charge in [0.2, 0.25) is 0 Å². The molecule has 1 aliphatic rings. The van der Waals surface area contributed by atoms with E-state index in [0.717, 1.165) is 29.5 Å². The van der Waals surface area contributed by atoms with Crippen LogP contribution in [0.2, 0.25) is 0 Å². The van der Waals surface area contributed by atoms with Gasteiger partial charge in [0.05, 0.1) is 12.3 Å². The van der Waals surface area contributed by atoms with Crippen LogP contribution in [0.4, 0.5) is 0 Å². The normalized spacial score (nSPS) is 20.0. The van der Waals surface area contributed by atoms with Crippen LogP contribution in [-0.2, 0) is 0 Å². The lowest BCUT2D eigenvalue weighted by Gasteiger charge is -2.24. The quantitative estimate of drug-likeness (QED) is 0.902. The zero-order valence-electron chi connectivity index (χ0n) is 10.3. The molecule has 2 atom stereocenters. The second kappa shape index (κ2) is 4.71. The van der Waals surface area contributed by atoms with Crippen molar-refractivity contribution < 1.29 is 4.74 Å². The average molecular weight is 260 g/mol. The van der Waals surface area contributed by atoms with Crippen LogP contribution in [0.15, 0.2) is 29.6 Å². The molecule has 2 N–H and O–H groups in total. The molecule has 1 aromatic carbocycles. The van der Waals surface area contributed by atoms with E-state index in [1.807, 2.05) is 19.1 Å². The third-order valence-electron chi connectivity index (χ3n) is 3.26. The Hall–Kier alpha value is -1.39. The molecule has 0 aliphatic carbocycles. The summed E-state index contributed by atoms with van der Waals surface area (Å²) in [5.41, 5.74) is 8.10. The number of benzene rings is 1. The first-order chi connectivity index (χ1) is 8.75. The minimum absolute atomic E-state index is 0.00471. The molecule has 2 heterocycles. The Morgan fingerprint density at radius 3 is 3.06 bits per heavy atom. The zero-order valence-corrected chi connectivity index (χ0v) is 11.1. The highest BCUT2D eigenvalue weighted by atomic mass is 32.1. The molecule has 18 heavy (non-hydrogen) atoms. The minimum atomic E-state index is 0.00471. The van der Waals surface area contributed by atoms with Gasteiger partial charge in [-0.15, -0.1) is 11.3 Å². The van der Waals surface area contributed by atoms with Crippen molar-refractivity contribution in [1.82, 2.24) is 4.98 Å². The first kappa shape index (κ1) is 11.7. The molecule has 0 radical (unpaired) electrons. The van der Waals surface area contributed by atoms with Gasteiger partial charge in [0.25, 0.3) is 0 Å². The van der Waals surface area contributed by atoms with Gasteiger partial charge in [-0.1, -0.05) is 18.2 Å². The highest BCUT2D eigenvalue weighted by Gasteiger charge is 2.25. The number of ether oxygens (including phenoxy) is 1. The standard InChI is InChI=1S/C14H16N2OS/c1-9(15)12-8-18-14(16-12)11-6-7-17-13-5-3-2-4-10(11)13/h2-5,8-9,11H,6-7,15H2,1H3. The van der Waals surface area contributed by atoms with E-state index in [0.29, 0.717) is 5.92 Å². The van der Waals surface area contributed by atoms with Crippen LogP contribution in [-0.4, -0.2) is 11.6 Å². The van der Waals surface area contributed by atoms with Gasteiger partial charge in [0.15, 0.2) is 0 Å². The van der Waals surface area contributed by atoms with Gasteiger partial charge in [0.1, 0.15) is 10.8 Å². The van der Waals surface area contributed by atoms with Crippen molar-refractivity contribution in [3.05, 3.63) is 45.9 Å². The molecular formula is C14H16N2OS. The van der Waals surface area contributed by atoms with Crippen molar-refractivity contribution in [3.63, 3.8) is 0 Å². The van der Waals surface area contributed by atoms with Crippen LogP contribution in [0.5, 0.6) is 5.75 Å². The molecule has 2 unspecified atom stereocenters. The molecular weight excluding hydrogens is 244 g/mol. The van der Waals surface area contributed by atoms with E-state index in [4.69, 9.17) is 10.5 Å². The number of aromatic nitrogens is 1. The minimum Gasteiger partial charge on any atom is -0.493 e. The Balaban J connectivity index is 1.97. The lowest BCUT2D eigenvalue weighted by Crippen LogP contribution is -2.15. The van der Waals surface area contributed by atoms with Gasteiger partial charge in [-0.05, 0) is 19.4 Å². The maximum Gasteiger partial charge on any atom is 0.123 e. The maximum absolute atomic E-state index is 5.87. The fraction of sp³-hybridized carbons (Fsp3) is 0.357. The fourth-order valence-corrected chi connectivity index (χ4v) is 3.34. The second-order valence-electron chi connectivity index (χ2n) is 4.63. The van der Waals surface area contributed by atoms with Crippen molar-refractivity contribution in [1.29, 1.82) is 0 Å². The summed E-state index contributed by atoms with van der Waals surface area (Å²) in [6.45, 7) is 2.73. The van der Waals surface area contributed by atoms with Gasteiger partial charge >= 0.3 is 0 Å². The van der Waals surface area contributed by atoms with Crippen molar-refractivity contribution in [3.8, 4) is 5.75 Å². The third kappa shape index (κ3) is 2.02. The van der Waals surface area contributed by atoms with E-state index in [-0.39, 0.29) is 6.04 Å². The summed E-state index contributed by atoms with van der Waals surface area (Å²) >= 11 is 1.70. The monoisotopic (exact) mass is 260 g/mol. The topological polar surface area (TPSA) is 48.1 Å². The summed E-state index contributed by atoms with van der Waals surface area (Å²) in [5, 5.41) is 3.22. The fourth-order valence-electron chi connectivity index (χ4n) is 2.27. The molecule has 0 spiro atoms. The Bertz CT molecular complexity index is 550. The predicted octanol–water partition coefficient (Wildman–Crippen LogP) is 3.08. The molecule has 0 bridgehead atoms. The van der Waals surface area contributed by atoms with Gasteiger partial charge in [-0.3, -0.25) is 0 Å². The number of nitrogens with two attached hydrogens (primary N) is 1. The first-order valence-corrected chi connectivity index (χ1v) is 7.06. The molecule has 3 nitrogen and oxygen atoms in total. The Morgan fingerprint density at radius 1 is 1.44 bits per heavy atom. The highest BCUT2D eigenvalue weighted by Crippen LogP contribution is 2.39. The van der Waals surface area contributed by atoms with Crippen molar-refractivity contribution in [2.75, 3.05) is 6.61 Å². The van der Waals surface area contributed by atoms with E-state index >= 15 is 0 Å². The summed E-state index contributed by atoms with van der Waals surface area (Å²) in [6, 6.07) is 8.23. The van der Waals surface area contributed by atoms with Crippen LogP contribution in [0.25, 0.3) is 0 Å². The molecule has 2 aromatic rings. The molecule has 94 valence electrons. The number of nitrogens with zero attached hydrogens (tertiary/aromatic N) is 1. The van der Waals surface area contributed by atoms with E-state index in [1.54, 1.807) is 11.3 Å². The van der Waals surface area contributed by atoms with Gasteiger partial charge in [-0.2, -0.15) is 0 Å². The smallest absolute Gasteiger partial charge is 0.123 e. The lowest BCUT2D eigenvalue weighted by molar-refractivity contribution is 0.276. The molecule has 4 heteroatoms. The summed E-state index contributed by atoms with van der Waals surface area (Å²) in [4.78, 5) is 4.67. The number of hydrogen-bond acceptors (Lipinski definition) is 4. The van der Waals surface area contributed by atoms with E-state index in [9.17, 15) is 0 Å². The molecule has 0 amide bonds. The van der Waals surface area contributed by atoms with Crippen molar-refractivity contribution >= 4 is 11.3 Å². The summed E-state index contributed by atoms with van der Waals surface area (Å²) in [6.07, 6.45) is 0.989. The Kier molecular flexibility index (Phi) is 3.06. The number of hydrogen-bond donors (Lipinski definition) is 1. The maximum atomic E-state index is 5.87. The Labute approximate surface area is 111 Å². The van der Waals surface area contributed by atoms with Crippen LogP contribution in [0.3, 0.4) is 0 Å². The Morgan fingerprint density at radius 2 is 2.28 bits per heavy atom. The zero-order chi connectivity index (χ0) is 12.5. The number of thiazole rings is 1. The van der Waals surface area contributed by atoms with Crippen LogP contribution in [0, 0.1) is 0 Å². The molecule has 3 rings (SSSR count). The number of rotatable bonds is 2. The largest absolute Gasteiger partial charge is 0.493 e. The average Bonchev–Trinajstić information content (AvgIpc) is 2.87. The summed E-state index contributed by atoms with van der Waals surface area (Å²) < 4.78 is 5.68. The van der Waals surface area contributed by atoms with Gasteiger partial charge < -0.3 is 10.5 Å². The number of para-hydroxylation sites is 1. The van der Waals surface area contributed by atoms with Gasteiger partial charge in [-0.25, -0.2) is 4.98 Å². The highest BCUT2D eigenvalue weighted by molar-refractivity contribution is 7.09. The van der Waals surface area contributed by atoms with Crippen molar-refractivity contribution in [2.24, 2.45) is 5.73 Å². The molecule has 0 saturated heterocycles. The SMILES string of the molecule is CC(N)c1csc(C2CCOc3ccccc32)n1. The first-order valence-electron chi connectivity index (χ1n) is 6.18. The summed E-state index contributed by atoms with van der Waals surface area (Å²) in [5.74, 6) is 1.35. The number of fused-ring (bicyclic) bond motifs is 1. The van der Waals surface area contributed by atoms with Crippen LogP contribution >= 0.6 is 11.3 Å². The van der Waals surface area contributed by atoms with Gasteiger partial charge in [0, 0.05) is 22.9 Å². The molecule has 1 aliphatic heterocycles. The molecule has 1 aromatic heterocycles. The van der Waals surface area contributed by atoms with Crippen molar-refractivity contribution in [2.45, 2.75) is 25.3 Å². The molecule has 0 saturated carbocycles. The lowest BCUT2D eigenvalue weighted by atomic mass is 9.94. The second-order valence-corrected chi connectivity index (χ2v) is 5.52. The third-order valence-corrected chi connectivity index (χ3v) is 4.24. The predicted molar refractivity (Wildman–Crippen MR) is 73.1 cm³/mol.